The third kappa shape index (κ3) is 3.44. The number of anilines is 2. The number of carbonyl (C=O) groups is 1. The summed E-state index contributed by atoms with van der Waals surface area (Å²) in [5.74, 6) is 0.382. The van der Waals surface area contributed by atoms with E-state index in [1.165, 1.54) is 25.5 Å². The van der Waals surface area contributed by atoms with Crippen molar-refractivity contribution in [2.75, 3.05) is 36.4 Å². The van der Waals surface area contributed by atoms with Crippen molar-refractivity contribution in [2.24, 2.45) is 0 Å². The summed E-state index contributed by atoms with van der Waals surface area (Å²) < 4.78 is 19.5. The first kappa shape index (κ1) is 18.1. The van der Waals surface area contributed by atoms with Gasteiger partial charge in [-0.15, -0.1) is 0 Å². The van der Waals surface area contributed by atoms with E-state index in [0.717, 1.165) is 25.5 Å². The lowest BCUT2D eigenvalue weighted by atomic mass is 10.1. The van der Waals surface area contributed by atoms with Gasteiger partial charge in [0.15, 0.2) is 17.3 Å². The standard InChI is InChI=1S/C21H22FN5O2/c1-13-24-20-17(22)9-15(10-18(20)29-13)25-21(28)14-4-5-19(23-11-14)27-8-7-26-6-2-3-16(26)12-27/h4-5,9-11,16H,2-3,6-8,12H2,1H3,(H,25,28)/t16-/m0/s1. The molecule has 1 aromatic carbocycles. The molecule has 5 rings (SSSR count). The van der Waals surface area contributed by atoms with Gasteiger partial charge in [0.05, 0.1) is 5.56 Å². The Kier molecular flexibility index (Phi) is 4.43. The highest BCUT2D eigenvalue weighted by molar-refractivity contribution is 6.04. The first-order valence-corrected chi connectivity index (χ1v) is 9.90. The number of halogens is 1. The van der Waals surface area contributed by atoms with E-state index in [1.807, 2.05) is 6.07 Å². The summed E-state index contributed by atoms with van der Waals surface area (Å²) in [6, 6.07) is 7.05. The second-order valence-corrected chi connectivity index (χ2v) is 7.67. The summed E-state index contributed by atoms with van der Waals surface area (Å²) in [4.78, 5) is 25.9. The molecule has 2 aliphatic rings. The first-order valence-electron chi connectivity index (χ1n) is 9.90. The van der Waals surface area contributed by atoms with Crippen LogP contribution in [-0.4, -0.2) is 53.0 Å². The number of pyridine rings is 1. The zero-order chi connectivity index (χ0) is 20.0. The number of hydrogen-bond acceptors (Lipinski definition) is 6. The van der Waals surface area contributed by atoms with Gasteiger partial charge < -0.3 is 14.6 Å². The number of aromatic nitrogens is 2. The monoisotopic (exact) mass is 395 g/mol. The predicted molar refractivity (Wildman–Crippen MR) is 108 cm³/mol. The van der Waals surface area contributed by atoms with Gasteiger partial charge in [0.25, 0.3) is 5.91 Å². The summed E-state index contributed by atoms with van der Waals surface area (Å²) in [6.07, 6.45) is 4.08. The number of nitrogens with zero attached hydrogens (tertiary/aromatic N) is 4. The molecule has 0 bridgehead atoms. The van der Waals surface area contributed by atoms with Crippen LogP contribution in [0.2, 0.25) is 0 Å². The number of benzene rings is 1. The molecule has 1 amide bonds. The van der Waals surface area contributed by atoms with E-state index in [-0.39, 0.29) is 11.4 Å². The van der Waals surface area contributed by atoms with Crippen LogP contribution in [0.25, 0.3) is 11.1 Å². The SMILES string of the molecule is Cc1nc2c(F)cc(NC(=O)c3ccc(N4CCN5CCC[C@H]5C4)nc3)cc2o1. The molecule has 1 atom stereocenters. The van der Waals surface area contributed by atoms with Gasteiger partial charge in [-0.05, 0) is 37.6 Å². The fourth-order valence-electron chi connectivity index (χ4n) is 4.28. The van der Waals surface area contributed by atoms with Crippen molar-refractivity contribution in [3.05, 3.63) is 47.7 Å². The van der Waals surface area contributed by atoms with Gasteiger partial charge in [0.2, 0.25) is 0 Å². The molecule has 1 N–H and O–H groups in total. The van der Waals surface area contributed by atoms with E-state index in [4.69, 9.17) is 4.42 Å². The van der Waals surface area contributed by atoms with E-state index < -0.39 is 5.82 Å². The zero-order valence-electron chi connectivity index (χ0n) is 16.2. The molecule has 0 saturated carbocycles. The highest BCUT2D eigenvalue weighted by atomic mass is 19.1. The summed E-state index contributed by atoms with van der Waals surface area (Å²) in [6.45, 7) is 5.84. The fraction of sp³-hybridized carbons (Fsp3) is 0.381. The second kappa shape index (κ2) is 7.11. The number of fused-ring (bicyclic) bond motifs is 2. The van der Waals surface area contributed by atoms with Crippen molar-refractivity contribution in [3.63, 3.8) is 0 Å². The molecule has 2 saturated heterocycles. The second-order valence-electron chi connectivity index (χ2n) is 7.67. The lowest BCUT2D eigenvalue weighted by Crippen LogP contribution is -2.50. The Labute approximate surface area is 167 Å². The molecule has 150 valence electrons. The molecule has 4 heterocycles. The van der Waals surface area contributed by atoms with Gasteiger partial charge in [-0.25, -0.2) is 14.4 Å². The van der Waals surface area contributed by atoms with Crippen LogP contribution in [0.1, 0.15) is 29.1 Å². The van der Waals surface area contributed by atoms with Gasteiger partial charge in [0, 0.05) is 50.6 Å². The van der Waals surface area contributed by atoms with Gasteiger partial charge in [-0.3, -0.25) is 9.69 Å². The Balaban J connectivity index is 1.29. The van der Waals surface area contributed by atoms with Crippen molar-refractivity contribution in [3.8, 4) is 0 Å². The molecule has 0 radical (unpaired) electrons. The van der Waals surface area contributed by atoms with E-state index in [9.17, 15) is 9.18 Å². The smallest absolute Gasteiger partial charge is 0.257 e. The van der Waals surface area contributed by atoms with Crippen LogP contribution >= 0.6 is 0 Å². The van der Waals surface area contributed by atoms with Crippen LogP contribution in [0.3, 0.4) is 0 Å². The van der Waals surface area contributed by atoms with Gasteiger partial charge in [-0.1, -0.05) is 0 Å². The number of carbonyl (C=O) groups excluding carboxylic acids is 1. The van der Waals surface area contributed by atoms with Gasteiger partial charge in [-0.2, -0.15) is 0 Å². The maximum Gasteiger partial charge on any atom is 0.257 e. The third-order valence-electron chi connectivity index (χ3n) is 5.73. The maximum atomic E-state index is 14.2. The van der Waals surface area contributed by atoms with Crippen molar-refractivity contribution in [2.45, 2.75) is 25.8 Å². The Hall–Kier alpha value is -3.00. The molecule has 0 spiro atoms. The Bertz CT molecular complexity index is 1060. The number of nitrogens with one attached hydrogen (secondary N) is 1. The largest absolute Gasteiger partial charge is 0.441 e. The van der Waals surface area contributed by atoms with Crippen LogP contribution < -0.4 is 10.2 Å². The normalized spacial score (nSPS) is 19.5. The summed E-state index contributed by atoms with van der Waals surface area (Å²) in [5.41, 5.74) is 1.20. The van der Waals surface area contributed by atoms with E-state index in [2.05, 4.69) is 25.1 Å². The minimum Gasteiger partial charge on any atom is -0.441 e. The number of rotatable bonds is 3. The van der Waals surface area contributed by atoms with Gasteiger partial charge in [0.1, 0.15) is 11.3 Å². The van der Waals surface area contributed by atoms with Crippen LogP contribution in [0.4, 0.5) is 15.9 Å². The summed E-state index contributed by atoms with van der Waals surface area (Å²) >= 11 is 0. The molecule has 2 aliphatic heterocycles. The van der Waals surface area contributed by atoms with Gasteiger partial charge >= 0.3 is 0 Å². The third-order valence-corrected chi connectivity index (χ3v) is 5.73. The van der Waals surface area contributed by atoms with Crippen molar-refractivity contribution in [1.82, 2.24) is 14.9 Å². The molecule has 0 unspecified atom stereocenters. The lowest BCUT2D eigenvalue weighted by molar-refractivity contribution is 0.102. The Morgan fingerprint density at radius 2 is 2.17 bits per heavy atom. The van der Waals surface area contributed by atoms with E-state index in [0.29, 0.717) is 28.8 Å². The van der Waals surface area contributed by atoms with Crippen LogP contribution in [0.5, 0.6) is 0 Å². The molecule has 29 heavy (non-hydrogen) atoms. The van der Waals surface area contributed by atoms with Crippen LogP contribution in [0, 0.1) is 12.7 Å². The molecule has 0 aliphatic carbocycles. The Morgan fingerprint density at radius 1 is 1.28 bits per heavy atom. The maximum absolute atomic E-state index is 14.2. The van der Waals surface area contributed by atoms with Crippen LogP contribution in [0.15, 0.2) is 34.9 Å². The molecule has 7 nitrogen and oxygen atoms in total. The van der Waals surface area contributed by atoms with E-state index >= 15 is 0 Å². The molecule has 2 aromatic heterocycles. The van der Waals surface area contributed by atoms with Crippen molar-refractivity contribution >= 4 is 28.5 Å². The molecular formula is C21H22FN5O2. The highest BCUT2D eigenvalue weighted by Crippen LogP contribution is 2.26. The number of oxazole rings is 1. The van der Waals surface area contributed by atoms with Crippen molar-refractivity contribution < 1.29 is 13.6 Å². The zero-order valence-corrected chi connectivity index (χ0v) is 16.2. The molecule has 8 heteroatoms. The predicted octanol–water partition coefficient (Wildman–Crippen LogP) is 3.21. The number of hydrogen-bond donors (Lipinski definition) is 1. The fourth-order valence-corrected chi connectivity index (χ4v) is 4.28. The highest BCUT2D eigenvalue weighted by Gasteiger charge is 2.31. The first-order chi connectivity index (χ1) is 14.1. The van der Waals surface area contributed by atoms with E-state index in [1.54, 1.807) is 25.3 Å². The van der Waals surface area contributed by atoms with Crippen molar-refractivity contribution in [1.29, 1.82) is 0 Å². The number of amides is 1. The summed E-state index contributed by atoms with van der Waals surface area (Å²) in [5, 5.41) is 2.70. The molecule has 3 aromatic rings. The quantitative estimate of drug-likeness (QED) is 0.734. The molecule has 2 fully saturated rings. The number of piperazine rings is 1. The molecular weight excluding hydrogens is 373 g/mol. The minimum absolute atomic E-state index is 0.161. The average molecular weight is 395 g/mol. The van der Waals surface area contributed by atoms with Crippen LogP contribution in [-0.2, 0) is 0 Å². The topological polar surface area (TPSA) is 74.5 Å². The number of aryl methyl sites for hydroxylation is 1. The Morgan fingerprint density at radius 3 is 3.00 bits per heavy atom. The lowest BCUT2D eigenvalue weighted by Gasteiger charge is -2.38. The average Bonchev–Trinajstić information content (AvgIpc) is 3.33. The summed E-state index contributed by atoms with van der Waals surface area (Å²) in [7, 11) is 0. The minimum atomic E-state index is -0.533.